The summed E-state index contributed by atoms with van der Waals surface area (Å²) in [5, 5.41) is 0. The highest BCUT2D eigenvalue weighted by Crippen LogP contribution is 2.23. The first-order chi connectivity index (χ1) is 8.19. The molecule has 0 unspecified atom stereocenters. The Morgan fingerprint density at radius 1 is 1.41 bits per heavy atom. The minimum absolute atomic E-state index is 0.148. The molecule has 0 fully saturated rings. The molecule has 0 spiro atoms. The summed E-state index contributed by atoms with van der Waals surface area (Å²) >= 11 is 0. The van der Waals surface area contributed by atoms with E-state index in [2.05, 4.69) is 4.98 Å². The van der Waals surface area contributed by atoms with Gasteiger partial charge in [-0.25, -0.2) is 4.98 Å². The van der Waals surface area contributed by atoms with Gasteiger partial charge in [-0.2, -0.15) is 0 Å². The van der Waals surface area contributed by atoms with E-state index in [9.17, 15) is 0 Å². The fourth-order valence-electron chi connectivity index (χ4n) is 1.51. The molecule has 0 atom stereocenters. The number of nitrogens with zero attached hydrogens (tertiary/aromatic N) is 1. The summed E-state index contributed by atoms with van der Waals surface area (Å²) in [6.07, 6.45) is 1.72. The summed E-state index contributed by atoms with van der Waals surface area (Å²) in [6, 6.07) is 7.67. The van der Waals surface area contributed by atoms with Gasteiger partial charge in [-0.15, -0.1) is 0 Å². The maximum Gasteiger partial charge on any atom is 0.226 e. The van der Waals surface area contributed by atoms with Crippen molar-refractivity contribution in [2.24, 2.45) is 5.73 Å². The molecular weight excluding hydrogens is 216 g/mol. The van der Waals surface area contributed by atoms with E-state index in [0.29, 0.717) is 12.4 Å². The molecule has 1 aromatic carbocycles. The fourth-order valence-corrected chi connectivity index (χ4v) is 1.51. The van der Waals surface area contributed by atoms with Crippen LogP contribution in [0.4, 0.5) is 0 Å². The Morgan fingerprint density at radius 2 is 2.24 bits per heavy atom. The molecule has 90 valence electrons. The second kappa shape index (κ2) is 5.01. The van der Waals surface area contributed by atoms with Gasteiger partial charge < -0.3 is 14.9 Å². The third-order valence-electron chi connectivity index (χ3n) is 2.21. The van der Waals surface area contributed by atoms with E-state index in [1.54, 1.807) is 6.26 Å². The topological polar surface area (TPSA) is 61.3 Å². The molecule has 0 aliphatic carbocycles. The zero-order chi connectivity index (χ0) is 12.3. The van der Waals surface area contributed by atoms with Crippen LogP contribution in [0, 0.1) is 0 Å². The van der Waals surface area contributed by atoms with Gasteiger partial charge in [-0.3, -0.25) is 0 Å². The van der Waals surface area contributed by atoms with Gasteiger partial charge in [0.15, 0.2) is 0 Å². The van der Waals surface area contributed by atoms with Crippen molar-refractivity contribution < 1.29 is 9.15 Å². The first kappa shape index (κ1) is 11.7. The lowest BCUT2D eigenvalue weighted by molar-refractivity contribution is 0.242. The Kier molecular flexibility index (Phi) is 3.44. The quantitative estimate of drug-likeness (QED) is 0.880. The van der Waals surface area contributed by atoms with E-state index in [1.807, 2.05) is 38.1 Å². The first-order valence-electron chi connectivity index (χ1n) is 5.60. The van der Waals surface area contributed by atoms with Crippen LogP contribution < -0.4 is 10.5 Å². The second-order valence-corrected chi connectivity index (χ2v) is 4.04. The van der Waals surface area contributed by atoms with Gasteiger partial charge in [0.1, 0.15) is 12.0 Å². The average Bonchev–Trinajstić information content (AvgIpc) is 2.77. The number of hydrogen-bond donors (Lipinski definition) is 1. The Hall–Kier alpha value is -1.81. The normalized spacial score (nSPS) is 10.8. The van der Waals surface area contributed by atoms with Crippen LogP contribution in [0.5, 0.6) is 5.75 Å². The molecule has 0 saturated heterocycles. The molecule has 2 rings (SSSR count). The van der Waals surface area contributed by atoms with E-state index in [0.717, 1.165) is 17.0 Å². The lowest BCUT2D eigenvalue weighted by Gasteiger charge is -2.09. The standard InChI is InChI=1S/C13H16N2O2/c1-9(2)17-12-5-3-4-10(6-12)13-15-11(7-14)8-16-13/h3-6,8-9H,7,14H2,1-2H3. The van der Waals surface area contributed by atoms with Crippen molar-refractivity contribution in [2.45, 2.75) is 26.5 Å². The van der Waals surface area contributed by atoms with Crippen LogP contribution in [-0.2, 0) is 6.54 Å². The molecule has 4 nitrogen and oxygen atoms in total. The fraction of sp³-hybridized carbons (Fsp3) is 0.308. The Balaban J connectivity index is 2.26. The third-order valence-corrected chi connectivity index (χ3v) is 2.21. The van der Waals surface area contributed by atoms with Crippen molar-refractivity contribution in [3.05, 3.63) is 36.2 Å². The predicted molar refractivity (Wildman–Crippen MR) is 65.6 cm³/mol. The highest BCUT2D eigenvalue weighted by atomic mass is 16.5. The Morgan fingerprint density at radius 3 is 2.88 bits per heavy atom. The SMILES string of the molecule is CC(C)Oc1cccc(-c2nc(CN)co2)c1. The largest absolute Gasteiger partial charge is 0.491 e. The molecule has 2 N–H and O–H groups in total. The van der Waals surface area contributed by atoms with Crippen LogP contribution >= 0.6 is 0 Å². The molecule has 0 aliphatic heterocycles. The molecule has 0 amide bonds. The highest BCUT2D eigenvalue weighted by Gasteiger charge is 2.07. The number of benzene rings is 1. The van der Waals surface area contributed by atoms with Gasteiger partial charge in [-0.1, -0.05) is 6.07 Å². The zero-order valence-electron chi connectivity index (χ0n) is 10.0. The van der Waals surface area contributed by atoms with Crippen LogP contribution in [0.1, 0.15) is 19.5 Å². The Bertz CT molecular complexity index is 492. The van der Waals surface area contributed by atoms with Crippen LogP contribution in [0.3, 0.4) is 0 Å². The van der Waals surface area contributed by atoms with E-state index >= 15 is 0 Å². The van der Waals surface area contributed by atoms with E-state index in [4.69, 9.17) is 14.9 Å². The first-order valence-corrected chi connectivity index (χ1v) is 5.60. The third kappa shape index (κ3) is 2.85. The highest BCUT2D eigenvalue weighted by molar-refractivity contribution is 5.56. The van der Waals surface area contributed by atoms with E-state index in [1.165, 1.54) is 0 Å². The number of rotatable bonds is 4. The van der Waals surface area contributed by atoms with Crippen molar-refractivity contribution in [1.29, 1.82) is 0 Å². The van der Waals surface area contributed by atoms with Crippen molar-refractivity contribution >= 4 is 0 Å². The predicted octanol–water partition coefficient (Wildman–Crippen LogP) is 2.59. The van der Waals surface area contributed by atoms with Gasteiger partial charge in [0.05, 0.1) is 11.8 Å². The molecule has 1 aromatic heterocycles. The van der Waals surface area contributed by atoms with Gasteiger partial charge in [0.2, 0.25) is 5.89 Å². The number of oxazole rings is 1. The summed E-state index contributed by atoms with van der Waals surface area (Å²) in [4.78, 5) is 4.27. The Labute approximate surface area is 100 Å². The number of hydrogen-bond acceptors (Lipinski definition) is 4. The maximum absolute atomic E-state index is 5.62. The average molecular weight is 232 g/mol. The smallest absolute Gasteiger partial charge is 0.226 e. The second-order valence-electron chi connectivity index (χ2n) is 4.04. The molecular formula is C13H16N2O2. The van der Waals surface area contributed by atoms with Gasteiger partial charge in [-0.05, 0) is 32.0 Å². The summed E-state index contributed by atoms with van der Waals surface area (Å²) in [7, 11) is 0. The van der Waals surface area contributed by atoms with E-state index < -0.39 is 0 Å². The molecule has 0 radical (unpaired) electrons. The van der Waals surface area contributed by atoms with Crippen LogP contribution in [-0.4, -0.2) is 11.1 Å². The lowest BCUT2D eigenvalue weighted by atomic mass is 10.2. The molecule has 1 heterocycles. The van der Waals surface area contributed by atoms with Crippen molar-refractivity contribution in [3.8, 4) is 17.2 Å². The molecule has 0 saturated carbocycles. The molecule has 0 bridgehead atoms. The summed E-state index contributed by atoms with van der Waals surface area (Å²) < 4.78 is 11.0. The van der Waals surface area contributed by atoms with Crippen molar-refractivity contribution in [3.63, 3.8) is 0 Å². The minimum atomic E-state index is 0.148. The number of aromatic nitrogens is 1. The van der Waals surface area contributed by atoms with Crippen molar-refractivity contribution in [1.82, 2.24) is 4.98 Å². The van der Waals surface area contributed by atoms with Crippen molar-refractivity contribution in [2.75, 3.05) is 0 Å². The number of nitrogens with two attached hydrogens (primary N) is 1. The lowest BCUT2D eigenvalue weighted by Crippen LogP contribution is -2.05. The summed E-state index contributed by atoms with van der Waals surface area (Å²) in [5.74, 6) is 1.38. The van der Waals surface area contributed by atoms with Gasteiger partial charge in [0.25, 0.3) is 0 Å². The van der Waals surface area contributed by atoms with Gasteiger partial charge in [0, 0.05) is 12.1 Å². The summed E-state index contributed by atoms with van der Waals surface area (Å²) in [5.41, 5.74) is 7.13. The van der Waals surface area contributed by atoms with Crippen LogP contribution in [0.15, 0.2) is 34.9 Å². The van der Waals surface area contributed by atoms with E-state index in [-0.39, 0.29) is 6.10 Å². The molecule has 0 aliphatic rings. The molecule has 4 heteroatoms. The summed E-state index contributed by atoms with van der Waals surface area (Å²) in [6.45, 7) is 4.36. The monoisotopic (exact) mass is 232 g/mol. The minimum Gasteiger partial charge on any atom is -0.491 e. The maximum atomic E-state index is 5.62. The molecule has 2 aromatic rings. The van der Waals surface area contributed by atoms with Crippen LogP contribution in [0.25, 0.3) is 11.5 Å². The number of ether oxygens (including phenoxy) is 1. The molecule has 17 heavy (non-hydrogen) atoms. The zero-order valence-corrected chi connectivity index (χ0v) is 10.0. The van der Waals surface area contributed by atoms with Crippen LogP contribution in [0.2, 0.25) is 0 Å². The van der Waals surface area contributed by atoms with Gasteiger partial charge >= 0.3 is 0 Å².